The summed E-state index contributed by atoms with van der Waals surface area (Å²) in [5.74, 6) is -0.0147. The highest BCUT2D eigenvalue weighted by molar-refractivity contribution is 7.93. The smallest absolute Gasteiger partial charge is 0.289 e. The van der Waals surface area contributed by atoms with E-state index < -0.39 is 10.0 Å². The number of rotatable bonds is 8. The number of carbonyl (C=O) groups is 1. The second kappa shape index (κ2) is 10.4. The van der Waals surface area contributed by atoms with E-state index in [4.69, 9.17) is 4.42 Å². The summed E-state index contributed by atoms with van der Waals surface area (Å²) in [5.41, 5.74) is 1.88. The van der Waals surface area contributed by atoms with E-state index in [1.54, 1.807) is 24.0 Å². The van der Waals surface area contributed by atoms with Crippen LogP contribution in [0.4, 0.5) is 0 Å². The van der Waals surface area contributed by atoms with Crippen LogP contribution in [0.3, 0.4) is 0 Å². The minimum Gasteiger partial charge on any atom is -0.459 e. The molecule has 0 radical (unpaired) electrons. The van der Waals surface area contributed by atoms with Crippen molar-refractivity contribution >= 4 is 21.6 Å². The van der Waals surface area contributed by atoms with Crippen molar-refractivity contribution in [2.24, 2.45) is 4.99 Å². The second-order valence-electron chi connectivity index (χ2n) is 7.19. The molecule has 0 bridgehead atoms. The molecule has 0 unspecified atom stereocenters. The van der Waals surface area contributed by atoms with E-state index in [0.29, 0.717) is 16.8 Å². The molecule has 1 aromatic heterocycles. The number of sulfonamides is 1. The lowest BCUT2D eigenvalue weighted by Gasteiger charge is -2.34. The zero-order chi connectivity index (χ0) is 23.2. The molecule has 1 amide bonds. The van der Waals surface area contributed by atoms with Gasteiger partial charge in [0.1, 0.15) is 0 Å². The van der Waals surface area contributed by atoms with Crippen molar-refractivity contribution < 1.29 is 17.6 Å². The number of nitrogens with zero attached hydrogens (tertiary/aromatic N) is 3. The zero-order valence-corrected chi connectivity index (χ0v) is 19.1. The van der Waals surface area contributed by atoms with Gasteiger partial charge in [0.2, 0.25) is 10.0 Å². The third kappa shape index (κ3) is 6.02. The van der Waals surface area contributed by atoms with Gasteiger partial charge in [-0.1, -0.05) is 25.8 Å². The van der Waals surface area contributed by atoms with Crippen molar-refractivity contribution in [3.63, 3.8) is 0 Å². The lowest BCUT2D eigenvalue weighted by atomic mass is 10.2. The molecule has 0 spiro atoms. The van der Waals surface area contributed by atoms with Gasteiger partial charge in [-0.2, -0.15) is 4.31 Å². The van der Waals surface area contributed by atoms with Gasteiger partial charge in [0, 0.05) is 31.9 Å². The molecule has 1 aromatic rings. The fourth-order valence-corrected chi connectivity index (χ4v) is 4.70. The van der Waals surface area contributed by atoms with Gasteiger partial charge in [-0.3, -0.25) is 9.79 Å². The fraction of sp³-hybridized carbons (Fsp3) is 0.304. The number of hydrogen-bond donors (Lipinski definition) is 0. The molecular weight excluding hydrogens is 414 g/mol. The molecule has 1 saturated heterocycles. The maximum Gasteiger partial charge on any atom is 0.289 e. The first-order chi connectivity index (χ1) is 14.6. The van der Waals surface area contributed by atoms with Gasteiger partial charge in [0.05, 0.1) is 16.9 Å². The minimum absolute atomic E-state index is 0.0587. The number of allylic oxidation sites excluding steroid dienone is 4. The number of hydrogen-bond acceptors (Lipinski definition) is 5. The summed E-state index contributed by atoms with van der Waals surface area (Å²) in [7, 11) is -3.82. The Kier molecular flexibility index (Phi) is 8.13. The summed E-state index contributed by atoms with van der Waals surface area (Å²) in [6.45, 7) is 17.8. The standard InChI is InChI=1S/C23H29N3O4S/c1-7-9-19(5)24-20(6)18(4)16-22(17(2)3)31(28,29)26-13-11-25(12-14-26)23(27)21-10-8-15-30-21/h7-10,15-16H,2,4,6,11-14H2,1,3,5H3/b9-7-,22-16+,24-19?. The molecule has 166 valence electrons. The molecule has 1 aliphatic heterocycles. The van der Waals surface area contributed by atoms with Crippen molar-refractivity contribution in [2.45, 2.75) is 20.8 Å². The van der Waals surface area contributed by atoms with E-state index in [2.05, 4.69) is 24.7 Å². The van der Waals surface area contributed by atoms with E-state index in [1.165, 1.54) is 16.6 Å². The van der Waals surface area contributed by atoms with Crippen LogP contribution in [0.25, 0.3) is 0 Å². The summed E-state index contributed by atoms with van der Waals surface area (Å²) in [6, 6.07) is 3.23. The first kappa shape index (κ1) is 24.3. The fourth-order valence-electron chi connectivity index (χ4n) is 3.05. The Bertz CT molecular complexity index is 1050. The van der Waals surface area contributed by atoms with Crippen LogP contribution in [0.15, 0.2) is 87.5 Å². The van der Waals surface area contributed by atoms with E-state index >= 15 is 0 Å². The van der Waals surface area contributed by atoms with Crippen molar-refractivity contribution in [3.8, 4) is 0 Å². The Morgan fingerprint density at radius 1 is 1.16 bits per heavy atom. The molecule has 0 saturated carbocycles. The highest BCUT2D eigenvalue weighted by Gasteiger charge is 2.32. The van der Waals surface area contributed by atoms with Gasteiger partial charge < -0.3 is 9.32 Å². The van der Waals surface area contributed by atoms with E-state index in [-0.39, 0.29) is 42.8 Å². The maximum atomic E-state index is 13.3. The second-order valence-corrected chi connectivity index (χ2v) is 9.09. The SMILES string of the molecule is C=C(/C=C(\C(=C)C)S(=O)(=O)N1CCN(C(=O)c2ccco2)CC1)C(=C)N=C(C)/C=C\C. The molecular formula is C23H29N3O4S. The number of carbonyl (C=O) groups excluding carboxylic acids is 1. The third-order valence-electron chi connectivity index (χ3n) is 4.69. The molecule has 8 heteroatoms. The third-order valence-corrected chi connectivity index (χ3v) is 6.76. The predicted octanol–water partition coefficient (Wildman–Crippen LogP) is 3.93. The highest BCUT2D eigenvalue weighted by atomic mass is 32.2. The Labute approximate surface area is 184 Å². The molecule has 0 aliphatic carbocycles. The van der Waals surface area contributed by atoms with Gasteiger partial charge in [-0.05, 0) is 56.2 Å². The number of amides is 1. The van der Waals surface area contributed by atoms with Crippen molar-refractivity contribution in [1.29, 1.82) is 0 Å². The van der Waals surface area contributed by atoms with Gasteiger partial charge in [0.15, 0.2) is 5.76 Å². The Morgan fingerprint density at radius 3 is 2.32 bits per heavy atom. The molecule has 2 rings (SSSR count). The molecule has 1 fully saturated rings. The maximum absolute atomic E-state index is 13.3. The first-order valence-corrected chi connectivity index (χ1v) is 11.3. The van der Waals surface area contributed by atoms with E-state index in [1.807, 2.05) is 26.0 Å². The number of furan rings is 1. The van der Waals surface area contributed by atoms with Gasteiger partial charge >= 0.3 is 0 Å². The van der Waals surface area contributed by atoms with Crippen LogP contribution in [0, 0.1) is 0 Å². The normalized spacial score (nSPS) is 16.5. The minimum atomic E-state index is -3.82. The monoisotopic (exact) mass is 443 g/mol. The van der Waals surface area contributed by atoms with Crippen molar-refractivity contribution in [1.82, 2.24) is 9.21 Å². The summed E-state index contributed by atoms with van der Waals surface area (Å²) in [4.78, 5) is 18.4. The molecule has 1 aliphatic rings. The molecule has 0 aromatic carbocycles. The summed E-state index contributed by atoms with van der Waals surface area (Å²) >= 11 is 0. The molecule has 0 atom stereocenters. The molecule has 0 N–H and O–H groups in total. The van der Waals surface area contributed by atoms with Crippen LogP contribution in [0.2, 0.25) is 0 Å². The molecule has 31 heavy (non-hydrogen) atoms. The summed E-state index contributed by atoms with van der Waals surface area (Å²) < 4.78 is 33.0. The predicted molar refractivity (Wildman–Crippen MR) is 124 cm³/mol. The van der Waals surface area contributed by atoms with Crippen LogP contribution in [0.1, 0.15) is 31.3 Å². The Balaban J connectivity index is 2.17. The van der Waals surface area contributed by atoms with Crippen LogP contribution in [-0.2, 0) is 10.0 Å². The van der Waals surface area contributed by atoms with Crippen molar-refractivity contribution in [3.05, 3.63) is 83.9 Å². The van der Waals surface area contributed by atoms with Gasteiger partial charge in [-0.15, -0.1) is 0 Å². The van der Waals surface area contributed by atoms with Crippen LogP contribution >= 0.6 is 0 Å². The summed E-state index contributed by atoms with van der Waals surface area (Å²) in [6.07, 6.45) is 6.56. The zero-order valence-electron chi connectivity index (χ0n) is 18.3. The lowest BCUT2D eigenvalue weighted by Crippen LogP contribution is -2.50. The summed E-state index contributed by atoms with van der Waals surface area (Å²) in [5, 5.41) is 0. The number of aliphatic imine (C=N–C) groups is 1. The van der Waals surface area contributed by atoms with E-state index in [0.717, 1.165) is 5.71 Å². The lowest BCUT2D eigenvalue weighted by molar-refractivity contribution is 0.0666. The first-order valence-electron chi connectivity index (χ1n) is 9.84. The Hall–Kier alpha value is -2.97. The van der Waals surface area contributed by atoms with E-state index in [9.17, 15) is 13.2 Å². The average Bonchev–Trinajstić information content (AvgIpc) is 3.26. The molecule has 7 nitrogen and oxygen atoms in total. The molecule has 2 heterocycles. The van der Waals surface area contributed by atoms with Crippen LogP contribution < -0.4 is 0 Å². The highest BCUT2D eigenvalue weighted by Crippen LogP contribution is 2.25. The van der Waals surface area contributed by atoms with Gasteiger partial charge in [0.25, 0.3) is 5.91 Å². The van der Waals surface area contributed by atoms with Crippen molar-refractivity contribution in [2.75, 3.05) is 26.2 Å². The Morgan fingerprint density at radius 2 is 1.81 bits per heavy atom. The van der Waals surface area contributed by atoms with Crippen LogP contribution in [-0.4, -0.2) is 55.4 Å². The quantitative estimate of drug-likeness (QED) is 0.450. The largest absolute Gasteiger partial charge is 0.459 e. The van der Waals surface area contributed by atoms with Crippen LogP contribution in [0.5, 0.6) is 0 Å². The average molecular weight is 444 g/mol. The van der Waals surface area contributed by atoms with Gasteiger partial charge in [-0.25, -0.2) is 8.42 Å². The topological polar surface area (TPSA) is 83.2 Å². The number of piperazine rings is 1.